The number of methoxy groups -OCH3 is 1. The Bertz CT molecular complexity index is 1540. The van der Waals surface area contributed by atoms with Crippen LogP contribution in [0.25, 0.3) is 0 Å². The Labute approximate surface area is 254 Å². The first-order valence-corrected chi connectivity index (χ1v) is 13.6. The molecule has 4 aromatic rings. The monoisotopic (exact) mass is 604 g/mol. The van der Waals surface area contributed by atoms with Crippen LogP contribution in [0, 0.1) is 5.92 Å². The number of benzene rings is 3. The van der Waals surface area contributed by atoms with Crippen LogP contribution >= 0.6 is 0 Å². The highest BCUT2D eigenvalue weighted by Gasteiger charge is 2.34. The molecule has 0 bridgehead atoms. The summed E-state index contributed by atoms with van der Waals surface area (Å²) in [5, 5.41) is 7.00. The Morgan fingerprint density at radius 2 is 1.41 bits per heavy atom. The standard InChI is InChI=1S/C17H18N2O5.C8H8O2.C7H6O.CH4O/c1-11-9-13(10-23-16(21)12-5-3-2-4-6-12)24-15(11)19-8-7-14(20)18-17(19)22;1-10-8(9)7-5-3-2-4-6-7;8-6-7-4-2-1-3-5-7;1-2/h2-8,11,13,15H,9-10H2,1H3,(H,18,20,22);2-6H,1H3;1-6H;2H,1H3. The molecule has 11 nitrogen and oxygen atoms in total. The summed E-state index contributed by atoms with van der Waals surface area (Å²) in [6.45, 7) is 2.06. The van der Waals surface area contributed by atoms with Gasteiger partial charge in [0.2, 0.25) is 0 Å². The zero-order chi connectivity index (χ0) is 32.3. The van der Waals surface area contributed by atoms with E-state index in [-0.39, 0.29) is 24.6 Å². The number of ether oxygens (including phenoxy) is 3. The summed E-state index contributed by atoms with van der Waals surface area (Å²) in [4.78, 5) is 58.0. The first kappa shape index (κ1) is 35.1. The molecular weight excluding hydrogens is 568 g/mol. The molecule has 1 aliphatic rings. The Kier molecular flexibility index (Phi) is 15.2. The molecule has 1 aromatic heterocycles. The summed E-state index contributed by atoms with van der Waals surface area (Å²) in [6.07, 6.45) is 2.12. The number of nitrogens with one attached hydrogen (secondary N) is 1. The van der Waals surface area contributed by atoms with Gasteiger partial charge in [-0.15, -0.1) is 0 Å². The SMILES string of the molecule is CC1CC(COC(=O)c2ccccc2)OC1n1ccc(=O)[nH]c1=O.CO.COC(=O)c1ccccc1.O=Cc1ccccc1. The van der Waals surface area contributed by atoms with Crippen molar-refractivity contribution in [1.29, 1.82) is 0 Å². The van der Waals surface area contributed by atoms with Crippen molar-refractivity contribution in [1.82, 2.24) is 9.55 Å². The molecule has 1 fully saturated rings. The molecule has 3 unspecified atom stereocenters. The van der Waals surface area contributed by atoms with Gasteiger partial charge in [-0.05, 0) is 30.7 Å². The number of aromatic nitrogens is 2. The number of carbonyl (C=O) groups excluding carboxylic acids is 3. The van der Waals surface area contributed by atoms with Crippen molar-refractivity contribution in [2.75, 3.05) is 20.8 Å². The molecule has 0 spiro atoms. The predicted octanol–water partition coefficient (Wildman–Crippen LogP) is 3.90. The molecule has 3 aromatic carbocycles. The first-order chi connectivity index (χ1) is 21.3. The van der Waals surface area contributed by atoms with Crippen LogP contribution in [0.1, 0.15) is 50.6 Å². The van der Waals surface area contributed by atoms with Crippen LogP contribution in [0.15, 0.2) is 113 Å². The van der Waals surface area contributed by atoms with Gasteiger partial charge in [0.25, 0.3) is 5.56 Å². The molecule has 5 rings (SSSR count). The maximum atomic E-state index is 12.0. The first-order valence-electron chi connectivity index (χ1n) is 13.6. The molecule has 2 heterocycles. The maximum Gasteiger partial charge on any atom is 0.338 e. The molecule has 0 radical (unpaired) electrons. The molecule has 0 aliphatic carbocycles. The fourth-order valence-electron chi connectivity index (χ4n) is 4.04. The lowest BCUT2D eigenvalue weighted by Crippen LogP contribution is -2.33. The van der Waals surface area contributed by atoms with Gasteiger partial charge in [-0.25, -0.2) is 14.4 Å². The van der Waals surface area contributed by atoms with Crippen LogP contribution < -0.4 is 11.2 Å². The average Bonchev–Trinajstić information content (AvgIpc) is 3.45. The fraction of sp³-hybridized carbons (Fsp3) is 0.242. The summed E-state index contributed by atoms with van der Waals surface area (Å²) in [7, 11) is 2.37. The number of esters is 2. The Morgan fingerprint density at radius 3 is 1.89 bits per heavy atom. The van der Waals surface area contributed by atoms with E-state index in [1.54, 1.807) is 60.7 Å². The highest BCUT2D eigenvalue weighted by atomic mass is 16.6. The number of hydrogen-bond donors (Lipinski definition) is 2. The number of hydrogen-bond acceptors (Lipinski definition) is 9. The van der Waals surface area contributed by atoms with Gasteiger partial charge in [0.15, 0.2) is 0 Å². The molecule has 44 heavy (non-hydrogen) atoms. The lowest BCUT2D eigenvalue weighted by atomic mass is 10.1. The lowest BCUT2D eigenvalue weighted by Gasteiger charge is -2.17. The summed E-state index contributed by atoms with van der Waals surface area (Å²) >= 11 is 0. The highest BCUT2D eigenvalue weighted by molar-refractivity contribution is 5.89. The van der Waals surface area contributed by atoms with E-state index in [4.69, 9.17) is 14.6 Å². The van der Waals surface area contributed by atoms with Gasteiger partial charge in [-0.3, -0.25) is 19.1 Å². The minimum absolute atomic E-state index is 0.0500. The fourth-order valence-corrected chi connectivity index (χ4v) is 4.04. The normalized spacial score (nSPS) is 16.3. The third-order valence-electron chi connectivity index (χ3n) is 6.12. The van der Waals surface area contributed by atoms with E-state index in [0.717, 1.165) is 19.0 Å². The van der Waals surface area contributed by atoms with Crippen LogP contribution in [0.3, 0.4) is 0 Å². The molecule has 1 aliphatic heterocycles. The van der Waals surface area contributed by atoms with Crippen molar-refractivity contribution in [2.45, 2.75) is 25.7 Å². The van der Waals surface area contributed by atoms with E-state index in [1.165, 1.54) is 23.9 Å². The van der Waals surface area contributed by atoms with Crippen LogP contribution in [0.2, 0.25) is 0 Å². The van der Waals surface area contributed by atoms with Crippen LogP contribution in [-0.4, -0.2) is 59.8 Å². The highest BCUT2D eigenvalue weighted by Crippen LogP contribution is 2.33. The Morgan fingerprint density at radius 1 is 0.886 bits per heavy atom. The van der Waals surface area contributed by atoms with Gasteiger partial charge in [0.05, 0.1) is 24.3 Å². The zero-order valence-electron chi connectivity index (χ0n) is 24.7. The topological polar surface area (TPSA) is 154 Å². The molecule has 2 N–H and O–H groups in total. The van der Waals surface area contributed by atoms with Crippen molar-refractivity contribution in [3.8, 4) is 0 Å². The molecule has 3 atom stereocenters. The smallest absolute Gasteiger partial charge is 0.338 e. The predicted molar refractivity (Wildman–Crippen MR) is 163 cm³/mol. The number of aliphatic hydroxyl groups excluding tert-OH is 1. The van der Waals surface area contributed by atoms with Crippen molar-refractivity contribution < 1.29 is 33.7 Å². The molecule has 0 saturated carbocycles. The average molecular weight is 605 g/mol. The van der Waals surface area contributed by atoms with Gasteiger partial charge in [0.1, 0.15) is 19.1 Å². The van der Waals surface area contributed by atoms with Gasteiger partial charge in [-0.2, -0.15) is 0 Å². The van der Waals surface area contributed by atoms with E-state index >= 15 is 0 Å². The number of aromatic amines is 1. The number of aliphatic hydroxyl groups is 1. The quantitative estimate of drug-likeness (QED) is 0.246. The Balaban J connectivity index is 0.000000276. The maximum absolute atomic E-state index is 12.0. The number of carbonyl (C=O) groups is 3. The molecular formula is C33H36N2O9. The van der Waals surface area contributed by atoms with Crippen molar-refractivity contribution in [3.63, 3.8) is 0 Å². The minimum Gasteiger partial charge on any atom is -0.465 e. The third-order valence-corrected chi connectivity index (χ3v) is 6.12. The molecule has 1 saturated heterocycles. The van der Waals surface area contributed by atoms with E-state index < -0.39 is 23.4 Å². The number of nitrogens with zero attached hydrogens (tertiary/aromatic N) is 1. The third kappa shape index (κ3) is 11.3. The Hall–Kier alpha value is -5.13. The summed E-state index contributed by atoms with van der Waals surface area (Å²) in [6, 6.07) is 28.0. The van der Waals surface area contributed by atoms with Crippen molar-refractivity contribution in [2.24, 2.45) is 5.92 Å². The number of H-pyrrole nitrogens is 1. The van der Waals surface area contributed by atoms with E-state index in [1.807, 2.05) is 37.3 Å². The van der Waals surface area contributed by atoms with Gasteiger partial charge in [0, 0.05) is 30.9 Å². The molecule has 0 amide bonds. The van der Waals surface area contributed by atoms with Crippen LogP contribution in [-0.2, 0) is 14.2 Å². The van der Waals surface area contributed by atoms with Gasteiger partial charge < -0.3 is 19.3 Å². The van der Waals surface area contributed by atoms with Crippen molar-refractivity contribution >= 4 is 18.2 Å². The van der Waals surface area contributed by atoms with E-state index in [2.05, 4.69) is 9.72 Å². The van der Waals surface area contributed by atoms with Gasteiger partial charge in [-0.1, -0.05) is 73.7 Å². The second kappa shape index (κ2) is 19.1. The molecule has 11 heteroatoms. The van der Waals surface area contributed by atoms with Gasteiger partial charge >= 0.3 is 17.6 Å². The van der Waals surface area contributed by atoms with E-state index in [0.29, 0.717) is 17.5 Å². The summed E-state index contributed by atoms with van der Waals surface area (Å²) in [5.41, 5.74) is 0.839. The van der Waals surface area contributed by atoms with Crippen LogP contribution in [0.4, 0.5) is 0 Å². The second-order valence-electron chi connectivity index (χ2n) is 9.23. The number of aldehydes is 1. The van der Waals surface area contributed by atoms with Crippen molar-refractivity contribution in [3.05, 3.63) is 141 Å². The van der Waals surface area contributed by atoms with Crippen LogP contribution in [0.5, 0.6) is 0 Å². The summed E-state index contributed by atoms with van der Waals surface area (Å²) in [5.74, 6) is -0.647. The van der Waals surface area contributed by atoms with E-state index in [9.17, 15) is 24.0 Å². The number of rotatable bonds is 6. The molecule has 232 valence electrons. The lowest BCUT2D eigenvalue weighted by molar-refractivity contribution is -0.0411. The minimum atomic E-state index is -0.513. The summed E-state index contributed by atoms with van der Waals surface area (Å²) < 4.78 is 17.0. The largest absolute Gasteiger partial charge is 0.465 e. The zero-order valence-corrected chi connectivity index (χ0v) is 24.7. The second-order valence-corrected chi connectivity index (χ2v) is 9.23.